The van der Waals surface area contributed by atoms with Crippen LogP contribution in [0.4, 0.5) is 49.2 Å². The highest BCUT2D eigenvalue weighted by Crippen LogP contribution is 3.04. The molecule has 8 rings (SSSR count). The second-order valence-corrected chi connectivity index (χ2v) is 17.9. The zero-order valence-corrected chi connectivity index (χ0v) is 32.2. The maximum absolute atomic E-state index is 16.8. The van der Waals surface area contributed by atoms with Gasteiger partial charge in [-0.25, -0.2) is 18.2 Å². The van der Waals surface area contributed by atoms with Gasteiger partial charge in [0.15, 0.2) is 16.5 Å². The largest absolute Gasteiger partial charge is 0.489 e. The number of aromatic nitrogens is 3. The number of methoxy groups -OCH3 is 1. The molecule has 0 saturated carbocycles. The van der Waals surface area contributed by atoms with Crippen LogP contribution in [0, 0.1) is 23.0 Å². The van der Waals surface area contributed by atoms with E-state index in [2.05, 4.69) is 26.8 Å². The van der Waals surface area contributed by atoms with Crippen molar-refractivity contribution in [1.82, 2.24) is 19.9 Å². The highest BCUT2D eigenvalue weighted by molar-refractivity contribution is 8.46. The van der Waals surface area contributed by atoms with Gasteiger partial charge in [-0.2, -0.15) is 15.2 Å². The van der Waals surface area contributed by atoms with Gasteiger partial charge in [0.2, 0.25) is 0 Å². The van der Waals surface area contributed by atoms with Crippen LogP contribution in [0.15, 0.2) is 29.3 Å². The number of hydrogen-bond donors (Lipinski definition) is 2. The van der Waals surface area contributed by atoms with E-state index in [-0.39, 0.29) is 27.9 Å². The Kier molecular flexibility index (Phi) is 9.19. The lowest BCUT2D eigenvalue weighted by Crippen LogP contribution is -2.34. The van der Waals surface area contributed by atoms with Crippen molar-refractivity contribution in [3.8, 4) is 29.0 Å². The predicted octanol–water partition coefficient (Wildman–Crippen LogP) is 10.1. The first kappa shape index (κ1) is 39.6. The van der Waals surface area contributed by atoms with Crippen LogP contribution in [-0.4, -0.2) is 64.9 Å². The summed E-state index contributed by atoms with van der Waals surface area (Å²) in [6, 6.07) is 2.99. The molecule has 21 heteroatoms. The Morgan fingerprint density at radius 3 is 2.54 bits per heavy atom. The van der Waals surface area contributed by atoms with E-state index >= 15 is 23.8 Å². The molecular formula is C35H33ClF8N8O2S2. The van der Waals surface area contributed by atoms with Crippen molar-refractivity contribution in [3.63, 3.8) is 0 Å². The SMILES string of the molecule is COc1nc2c3c(c(S(F)(F)(F)(F)F)c(-c4ccc(F)c5sc(N)c(C#N)c45)c(F)c3n1)OCCN2[C@H](C)c1cc(Cl)cnc1N.C[C@@]12CCCN1CC(F)C2. The summed E-state index contributed by atoms with van der Waals surface area (Å²) in [6.45, 7) is 4.66. The summed E-state index contributed by atoms with van der Waals surface area (Å²) in [5.41, 5.74) is 8.40. The Balaban J connectivity index is 0.000000414. The zero-order valence-electron chi connectivity index (χ0n) is 29.8. The first-order valence-electron chi connectivity index (χ1n) is 17.0. The van der Waals surface area contributed by atoms with Crippen molar-refractivity contribution in [2.75, 3.05) is 49.7 Å². The summed E-state index contributed by atoms with van der Waals surface area (Å²) in [7, 11) is -9.84. The molecule has 10 nitrogen and oxygen atoms in total. The van der Waals surface area contributed by atoms with Gasteiger partial charge in [0.1, 0.15) is 46.8 Å². The molecule has 0 amide bonds. The molecule has 6 heterocycles. The van der Waals surface area contributed by atoms with E-state index < -0.39 is 101 Å². The van der Waals surface area contributed by atoms with Gasteiger partial charge in [0.25, 0.3) is 0 Å². The molecule has 56 heavy (non-hydrogen) atoms. The molecule has 300 valence electrons. The number of pyridine rings is 1. The van der Waals surface area contributed by atoms with E-state index in [0.29, 0.717) is 35.6 Å². The number of hydrogen-bond acceptors (Lipinski definition) is 11. The van der Waals surface area contributed by atoms with Crippen molar-refractivity contribution in [2.45, 2.75) is 55.8 Å². The monoisotopic (exact) mass is 848 g/mol. The van der Waals surface area contributed by atoms with Gasteiger partial charge in [-0.15, -0.1) is 11.3 Å². The van der Waals surface area contributed by atoms with Gasteiger partial charge in [-0.1, -0.05) is 37.1 Å². The average Bonchev–Trinajstić information content (AvgIpc) is 3.69. The minimum absolute atomic E-state index is 0.00237. The molecule has 3 aliphatic rings. The Hall–Kier alpha value is -4.58. The van der Waals surface area contributed by atoms with Gasteiger partial charge in [-0.05, 0) is 57.4 Å². The molecule has 4 N–H and O–H groups in total. The molecule has 5 aromatic rings. The average molecular weight is 849 g/mol. The van der Waals surface area contributed by atoms with Gasteiger partial charge >= 0.3 is 16.2 Å². The number of benzene rings is 2. The number of ether oxygens (including phenoxy) is 2. The van der Waals surface area contributed by atoms with Crippen molar-refractivity contribution in [1.29, 1.82) is 5.26 Å². The Morgan fingerprint density at radius 1 is 1.14 bits per heavy atom. The molecule has 0 spiro atoms. The first-order valence-corrected chi connectivity index (χ1v) is 20.2. The van der Waals surface area contributed by atoms with Gasteiger partial charge in [0, 0.05) is 34.8 Å². The Labute approximate surface area is 323 Å². The van der Waals surface area contributed by atoms with Crippen LogP contribution in [0.1, 0.15) is 50.3 Å². The van der Waals surface area contributed by atoms with Crippen LogP contribution in [0.3, 0.4) is 0 Å². The van der Waals surface area contributed by atoms with Gasteiger partial charge in [-0.3, -0.25) is 4.90 Å². The van der Waals surface area contributed by atoms with Crippen molar-refractivity contribution in [2.24, 2.45) is 0 Å². The lowest BCUT2D eigenvalue weighted by Gasteiger charge is -2.42. The van der Waals surface area contributed by atoms with E-state index in [0.717, 1.165) is 20.1 Å². The third-order valence-corrected chi connectivity index (χ3v) is 12.8. The molecule has 1 unspecified atom stereocenters. The number of halogens is 9. The standard InChI is InChI=1S/C27H19ClF7N7O2S2.C8H14FN/c1-10(13-7-11(28)9-39-24(13)37)42-5-6-44-21-18-20(40-27(43-2)41-26(18)42)19(30)17(23(21)46(31,32,33,34)35)12-3-4-15(29)22-16(12)14(8-36)25(38)45-22;1-8-3-2-4-10(8)6-7(9)5-8/h3-4,7,9-10H,5-6,38H2,1-2H3,(H2,37,39);7H,2-6H2,1H3/t10-;7?,8-/m10/s1. The molecule has 0 radical (unpaired) electrons. The van der Waals surface area contributed by atoms with Gasteiger partial charge in [0.05, 0.1) is 40.4 Å². The smallest absolute Gasteiger partial charge is 0.318 e. The second-order valence-electron chi connectivity index (χ2n) is 14.0. The second kappa shape index (κ2) is 13.0. The number of nitriles is 1. The summed E-state index contributed by atoms with van der Waals surface area (Å²) in [5, 5.41) is 8.13. The van der Waals surface area contributed by atoms with E-state index in [4.69, 9.17) is 32.5 Å². The highest BCUT2D eigenvalue weighted by atomic mass is 35.5. The van der Waals surface area contributed by atoms with Crippen molar-refractivity contribution >= 4 is 70.8 Å². The fraction of sp³-hybridized carbons (Fsp3) is 0.371. The number of anilines is 3. The van der Waals surface area contributed by atoms with Crippen LogP contribution in [0.2, 0.25) is 5.02 Å². The number of nitrogens with zero attached hydrogens (tertiary/aromatic N) is 6. The van der Waals surface area contributed by atoms with Crippen molar-refractivity contribution < 1.29 is 42.1 Å². The summed E-state index contributed by atoms with van der Waals surface area (Å²) in [4.78, 5) is 12.9. The van der Waals surface area contributed by atoms with Crippen LogP contribution in [0.25, 0.3) is 32.1 Å². The quantitative estimate of drug-likeness (QED) is 0.164. The van der Waals surface area contributed by atoms with Crippen LogP contribution >= 0.6 is 33.2 Å². The zero-order chi connectivity index (χ0) is 40.8. The molecule has 2 saturated heterocycles. The fourth-order valence-electron chi connectivity index (χ4n) is 7.90. The molecule has 2 aromatic carbocycles. The number of fused-ring (bicyclic) bond motifs is 2. The lowest BCUT2D eigenvalue weighted by molar-refractivity contribution is 0.217. The van der Waals surface area contributed by atoms with Crippen LogP contribution in [-0.2, 0) is 0 Å². The number of nitrogen functional groups attached to an aromatic ring is 2. The summed E-state index contributed by atoms with van der Waals surface area (Å²) < 4.78 is 131. The molecule has 0 aliphatic carbocycles. The summed E-state index contributed by atoms with van der Waals surface area (Å²) in [6.07, 6.45) is 3.96. The summed E-state index contributed by atoms with van der Waals surface area (Å²) >= 11 is 6.59. The molecule has 3 aliphatic heterocycles. The number of rotatable bonds is 5. The third kappa shape index (κ3) is 6.71. The fourth-order valence-corrected chi connectivity index (χ4v) is 10.1. The maximum atomic E-state index is 16.8. The molecular weight excluding hydrogens is 816 g/mol. The van der Waals surface area contributed by atoms with Gasteiger partial charge < -0.3 is 25.8 Å². The summed E-state index contributed by atoms with van der Waals surface area (Å²) in [5.74, 6) is -4.82. The van der Waals surface area contributed by atoms with E-state index in [9.17, 15) is 14.0 Å². The Morgan fingerprint density at radius 2 is 1.88 bits per heavy atom. The highest BCUT2D eigenvalue weighted by Gasteiger charge is 2.69. The number of thiophene rings is 1. The first-order chi connectivity index (χ1) is 26.1. The van der Waals surface area contributed by atoms with Crippen LogP contribution < -0.4 is 25.8 Å². The van der Waals surface area contributed by atoms with E-state index in [1.165, 1.54) is 30.0 Å². The minimum atomic E-state index is -10.9. The normalized spacial score (nSPS) is 21.3. The van der Waals surface area contributed by atoms with E-state index in [1.807, 2.05) is 0 Å². The minimum Gasteiger partial charge on any atom is -0.489 e. The van der Waals surface area contributed by atoms with Crippen molar-refractivity contribution in [3.05, 3.63) is 52.2 Å². The predicted molar refractivity (Wildman–Crippen MR) is 201 cm³/mol. The molecule has 3 aromatic heterocycles. The topological polar surface area (TPSA) is 139 Å². The number of nitrogens with two attached hydrogens (primary N) is 2. The lowest BCUT2D eigenvalue weighted by atomic mass is 9.96. The van der Waals surface area contributed by atoms with E-state index in [1.54, 1.807) is 13.0 Å². The van der Waals surface area contributed by atoms with Crippen LogP contribution in [0.5, 0.6) is 11.8 Å². The Bertz CT molecular complexity index is 2490. The molecule has 2 fully saturated rings. The maximum Gasteiger partial charge on any atom is 0.318 e. The molecule has 0 bridgehead atoms. The number of alkyl halides is 1. The molecule has 3 atom stereocenters. The third-order valence-electron chi connectivity index (χ3n) is 10.4.